The summed E-state index contributed by atoms with van der Waals surface area (Å²) in [4.78, 5) is 24.5. The van der Waals surface area contributed by atoms with E-state index in [1.807, 2.05) is 18.2 Å². The molecule has 2 fully saturated rings. The number of Topliss-reactive ketones (excluding diaryl/α,β-unsaturated/α-hetero) is 1. The predicted molar refractivity (Wildman–Crippen MR) is 130 cm³/mol. The maximum atomic E-state index is 13.1. The third-order valence-electron chi connectivity index (χ3n) is 7.83. The Kier molecular flexibility index (Phi) is 6.70. The van der Waals surface area contributed by atoms with Gasteiger partial charge in [0.05, 0.1) is 5.41 Å². The molecule has 2 aromatic rings. The van der Waals surface area contributed by atoms with Gasteiger partial charge in [-0.2, -0.15) is 0 Å². The summed E-state index contributed by atoms with van der Waals surface area (Å²) in [6, 6.07) is 14.5. The molecule has 0 aromatic heterocycles. The standard InChI is InChI=1S/C27H31Cl2NO2/c1-4-27-14-13-22(21-12-7-18(15-23(21)29)6-5-16(2)31)24(19-8-10-20(28)11-9-19)25(27)17(3)30-26(27)32/h7-12,15,17,22,24-25H,4-6,13-14H2,1-3H3,(H,30,32)/t17-,22+,24+,25+,27-/m1/s1. The summed E-state index contributed by atoms with van der Waals surface area (Å²) in [5, 5.41) is 4.72. The Balaban J connectivity index is 1.77. The highest BCUT2D eigenvalue weighted by molar-refractivity contribution is 6.31. The minimum Gasteiger partial charge on any atom is -0.353 e. The molecule has 2 aliphatic rings. The topological polar surface area (TPSA) is 46.2 Å². The van der Waals surface area contributed by atoms with Crippen LogP contribution in [0.15, 0.2) is 42.5 Å². The van der Waals surface area contributed by atoms with Crippen LogP contribution in [0.1, 0.15) is 75.0 Å². The molecule has 2 aromatic carbocycles. The molecule has 5 heteroatoms. The maximum Gasteiger partial charge on any atom is 0.226 e. The highest BCUT2D eigenvalue weighted by Gasteiger charge is 2.59. The van der Waals surface area contributed by atoms with Crippen molar-refractivity contribution in [3.8, 4) is 0 Å². The average molecular weight is 472 g/mol. The number of fused-ring (bicyclic) bond motifs is 1. The Morgan fingerprint density at radius 1 is 1.16 bits per heavy atom. The van der Waals surface area contributed by atoms with Gasteiger partial charge in [-0.15, -0.1) is 0 Å². The van der Waals surface area contributed by atoms with E-state index in [0.717, 1.165) is 35.4 Å². The number of carbonyl (C=O) groups is 2. The fraction of sp³-hybridized carbons (Fsp3) is 0.481. The number of hydrogen-bond donors (Lipinski definition) is 1. The molecule has 1 N–H and O–H groups in total. The monoisotopic (exact) mass is 471 g/mol. The lowest BCUT2D eigenvalue weighted by molar-refractivity contribution is -0.131. The van der Waals surface area contributed by atoms with Gasteiger partial charge >= 0.3 is 0 Å². The predicted octanol–water partition coefficient (Wildman–Crippen LogP) is 6.71. The third kappa shape index (κ3) is 4.10. The molecule has 0 radical (unpaired) electrons. The number of aryl methyl sites for hydroxylation is 1. The summed E-state index contributed by atoms with van der Waals surface area (Å²) >= 11 is 13.0. The van der Waals surface area contributed by atoms with Crippen molar-refractivity contribution in [2.75, 3.05) is 0 Å². The maximum absolute atomic E-state index is 13.1. The lowest BCUT2D eigenvalue weighted by Gasteiger charge is -2.47. The zero-order valence-corrected chi connectivity index (χ0v) is 20.5. The van der Waals surface area contributed by atoms with Crippen molar-refractivity contribution < 1.29 is 9.59 Å². The van der Waals surface area contributed by atoms with Gasteiger partial charge in [-0.05, 0) is 86.3 Å². The van der Waals surface area contributed by atoms with Crippen LogP contribution in [0, 0.1) is 11.3 Å². The molecule has 0 bridgehead atoms. The molecule has 3 nitrogen and oxygen atoms in total. The summed E-state index contributed by atoms with van der Waals surface area (Å²) < 4.78 is 0. The van der Waals surface area contributed by atoms with Gasteiger partial charge in [0, 0.05) is 28.4 Å². The second-order valence-electron chi connectivity index (χ2n) is 9.58. The van der Waals surface area contributed by atoms with E-state index >= 15 is 0 Å². The normalized spacial score (nSPS) is 29.5. The lowest BCUT2D eigenvalue weighted by atomic mass is 9.54. The molecule has 1 aliphatic heterocycles. The van der Waals surface area contributed by atoms with Crippen LogP contribution in [0.2, 0.25) is 10.0 Å². The van der Waals surface area contributed by atoms with Gasteiger partial charge in [0.15, 0.2) is 0 Å². The van der Waals surface area contributed by atoms with Crippen LogP contribution >= 0.6 is 23.2 Å². The van der Waals surface area contributed by atoms with Crippen molar-refractivity contribution in [2.24, 2.45) is 11.3 Å². The van der Waals surface area contributed by atoms with E-state index in [0.29, 0.717) is 17.9 Å². The molecule has 32 heavy (non-hydrogen) atoms. The number of benzene rings is 2. The van der Waals surface area contributed by atoms with Gasteiger partial charge in [-0.3, -0.25) is 4.79 Å². The van der Waals surface area contributed by atoms with E-state index in [2.05, 4.69) is 43.4 Å². The number of halogens is 2. The first-order chi connectivity index (χ1) is 15.3. The van der Waals surface area contributed by atoms with Crippen LogP contribution in [0.4, 0.5) is 0 Å². The van der Waals surface area contributed by atoms with E-state index in [1.54, 1.807) is 6.92 Å². The highest BCUT2D eigenvalue weighted by Crippen LogP contribution is 2.60. The Morgan fingerprint density at radius 2 is 1.88 bits per heavy atom. The number of ketones is 1. The molecule has 0 unspecified atom stereocenters. The quantitative estimate of drug-likeness (QED) is 0.508. The lowest BCUT2D eigenvalue weighted by Crippen LogP contribution is -2.43. The first kappa shape index (κ1) is 23.3. The van der Waals surface area contributed by atoms with Crippen LogP contribution in [-0.2, 0) is 16.0 Å². The van der Waals surface area contributed by atoms with Crippen molar-refractivity contribution in [1.82, 2.24) is 5.32 Å². The van der Waals surface area contributed by atoms with Gasteiger partial charge in [0.2, 0.25) is 5.91 Å². The molecule has 170 valence electrons. The van der Waals surface area contributed by atoms with E-state index in [4.69, 9.17) is 23.2 Å². The van der Waals surface area contributed by atoms with E-state index in [9.17, 15) is 9.59 Å². The van der Waals surface area contributed by atoms with Gasteiger partial charge < -0.3 is 10.1 Å². The molecule has 1 aliphatic carbocycles. The van der Waals surface area contributed by atoms with Crippen LogP contribution < -0.4 is 5.32 Å². The molecule has 4 rings (SSSR count). The van der Waals surface area contributed by atoms with Crippen LogP contribution in [0.3, 0.4) is 0 Å². The summed E-state index contributed by atoms with van der Waals surface area (Å²) in [5.41, 5.74) is 3.09. The first-order valence-corrected chi connectivity index (χ1v) is 12.4. The first-order valence-electron chi connectivity index (χ1n) is 11.6. The molecule has 0 spiro atoms. The highest BCUT2D eigenvalue weighted by atomic mass is 35.5. The van der Waals surface area contributed by atoms with Gasteiger partial charge in [-0.25, -0.2) is 0 Å². The van der Waals surface area contributed by atoms with Crippen LogP contribution in [-0.4, -0.2) is 17.7 Å². The second kappa shape index (κ2) is 9.19. The Morgan fingerprint density at radius 3 is 2.50 bits per heavy atom. The summed E-state index contributed by atoms with van der Waals surface area (Å²) in [6.45, 7) is 5.89. The number of carbonyl (C=O) groups excluding carboxylic acids is 2. The van der Waals surface area contributed by atoms with E-state index < -0.39 is 0 Å². The molecule has 1 amide bonds. The minimum absolute atomic E-state index is 0.0968. The molecule has 1 heterocycles. The fourth-order valence-corrected chi connectivity index (χ4v) is 6.71. The van der Waals surface area contributed by atoms with Crippen molar-refractivity contribution in [3.05, 3.63) is 69.2 Å². The van der Waals surface area contributed by atoms with Crippen LogP contribution in [0.25, 0.3) is 0 Å². The van der Waals surface area contributed by atoms with Crippen molar-refractivity contribution in [3.63, 3.8) is 0 Å². The van der Waals surface area contributed by atoms with Gasteiger partial charge in [0.1, 0.15) is 5.78 Å². The SMILES string of the molecule is CC[C@@]12CC[C@@H](c3ccc(CCC(C)=O)cc3Cl)[C@H](c3ccc(Cl)cc3)[C@@H]1[C@@H](C)NC2=O. The Labute approximate surface area is 200 Å². The summed E-state index contributed by atoms with van der Waals surface area (Å²) in [6.07, 6.45) is 3.84. The smallest absolute Gasteiger partial charge is 0.226 e. The molecule has 5 atom stereocenters. The molecule has 1 saturated heterocycles. The van der Waals surface area contributed by atoms with Crippen LogP contribution in [0.5, 0.6) is 0 Å². The van der Waals surface area contributed by atoms with Gasteiger partial charge in [-0.1, -0.05) is 54.4 Å². The number of nitrogens with one attached hydrogen (secondary N) is 1. The largest absolute Gasteiger partial charge is 0.353 e. The van der Waals surface area contributed by atoms with Crippen molar-refractivity contribution in [1.29, 1.82) is 0 Å². The fourth-order valence-electron chi connectivity index (χ4n) is 6.24. The Bertz CT molecular complexity index is 1020. The van der Waals surface area contributed by atoms with Crippen molar-refractivity contribution in [2.45, 2.75) is 70.8 Å². The number of amides is 1. The molecule has 1 saturated carbocycles. The van der Waals surface area contributed by atoms with E-state index in [1.165, 1.54) is 5.56 Å². The summed E-state index contributed by atoms with van der Waals surface area (Å²) in [7, 11) is 0. The van der Waals surface area contributed by atoms with Gasteiger partial charge in [0.25, 0.3) is 0 Å². The molecular weight excluding hydrogens is 441 g/mol. The van der Waals surface area contributed by atoms with E-state index in [-0.39, 0.29) is 40.9 Å². The zero-order chi connectivity index (χ0) is 23.0. The zero-order valence-electron chi connectivity index (χ0n) is 19.0. The third-order valence-corrected chi connectivity index (χ3v) is 8.40. The number of rotatable bonds is 6. The second-order valence-corrected chi connectivity index (χ2v) is 10.4. The molecular formula is C27H31Cl2NO2. The Hall–Kier alpha value is -1.84. The van der Waals surface area contributed by atoms with Crippen molar-refractivity contribution >= 4 is 34.9 Å². The summed E-state index contributed by atoms with van der Waals surface area (Å²) in [5.74, 6) is 0.943. The minimum atomic E-state index is -0.339. The average Bonchev–Trinajstić information content (AvgIpc) is 3.03. The number of hydrogen-bond acceptors (Lipinski definition) is 2.